The molecule has 1 fully saturated rings. The van der Waals surface area contributed by atoms with E-state index in [1.165, 1.54) is 4.90 Å². The van der Waals surface area contributed by atoms with Crippen molar-refractivity contribution in [3.63, 3.8) is 0 Å². The lowest BCUT2D eigenvalue weighted by molar-refractivity contribution is -0.100. The van der Waals surface area contributed by atoms with Crippen molar-refractivity contribution in [1.82, 2.24) is 4.90 Å². The molecule has 1 aliphatic rings. The van der Waals surface area contributed by atoms with Gasteiger partial charge in [0.1, 0.15) is 0 Å². The van der Waals surface area contributed by atoms with Crippen LogP contribution in [0.2, 0.25) is 0 Å². The predicted octanol–water partition coefficient (Wildman–Crippen LogP) is 1.87. The molecule has 0 spiro atoms. The van der Waals surface area contributed by atoms with Crippen LogP contribution in [0.4, 0.5) is 4.79 Å². The van der Waals surface area contributed by atoms with Gasteiger partial charge in [-0.15, -0.1) is 11.3 Å². The lowest BCUT2D eigenvalue weighted by atomic mass is 9.84. The van der Waals surface area contributed by atoms with Crippen LogP contribution in [-0.2, 0) is 21.5 Å². The fraction of sp³-hybridized carbons (Fsp3) is 0.643. The largest absolute Gasteiger partial charge is 0.465 e. The summed E-state index contributed by atoms with van der Waals surface area (Å²) < 4.78 is 10.4. The zero-order valence-electron chi connectivity index (χ0n) is 12.2. The first kappa shape index (κ1) is 16.2. The molecular formula is C14H21NO5S. The number of hydrogen-bond donors (Lipinski definition) is 2. The van der Waals surface area contributed by atoms with Crippen LogP contribution in [0.25, 0.3) is 0 Å². The van der Waals surface area contributed by atoms with Crippen molar-refractivity contribution in [2.24, 2.45) is 0 Å². The topological polar surface area (TPSA) is 79.2 Å². The Hall–Kier alpha value is -1.15. The summed E-state index contributed by atoms with van der Waals surface area (Å²) in [6.45, 7) is 0.693. The van der Waals surface area contributed by atoms with E-state index in [1.54, 1.807) is 25.6 Å². The quantitative estimate of drug-likeness (QED) is 0.811. The smallest absolute Gasteiger partial charge is 0.407 e. The molecule has 1 aromatic heterocycles. The number of carboxylic acid groups (broad SMARTS) is 1. The van der Waals surface area contributed by atoms with Gasteiger partial charge in [-0.25, -0.2) is 4.79 Å². The van der Waals surface area contributed by atoms with Gasteiger partial charge in [-0.1, -0.05) is 0 Å². The summed E-state index contributed by atoms with van der Waals surface area (Å²) in [7, 11) is 3.17. The Morgan fingerprint density at radius 2 is 2.05 bits per heavy atom. The van der Waals surface area contributed by atoms with Gasteiger partial charge in [-0.05, 0) is 29.9 Å². The molecule has 0 aliphatic carbocycles. The van der Waals surface area contributed by atoms with Gasteiger partial charge in [0.05, 0.1) is 5.60 Å². The van der Waals surface area contributed by atoms with Gasteiger partial charge in [-0.3, -0.25) is 0 Å². The zero-order chi connectivity index (χ0) is 15.5. The highest BCUT2D eigenvalue weighted by Gasteiger charge is 2.37. The zero-order valence-corrected chi connectivity index (χ0v) is 13.1. The van der Waals surface area contributed by atoms with Crippen molar-refractivity contribution in [3.05, 3.63) is 21.9 Å². The van der Waals surface area contributed by atoms with Crippen molar-refractivity contribution in [2.75, 3.05) is 27.3 Å². The van der Waals surface area contributed by atoms with E-state index in [4.69, 9.17) is 14.6 Å². The maximum atomic E-state index is 11.0. The monoisotopic (exact) mass is 315 g/mol. The molecule has 0 atom stereocenters. The van der Waals surface area contributed by atoms with Gasteiger partial charge < -0.3 is 24.6 Å². The third-order valence-electron chi connectivity index (χ3n) is 3.99. The Labute approximate surface area is 127 Å². The SMILES string of the molecule is COC(Cc1sccc1C1(O)CCN(C(=O)O)CC1)OC. The summed E-state index contributed by atoms with van der Waals surface area (Å²) in [5.41, 5.74) is -0.0931. The van der Waals surface area contributed by atoms with E-state index in [0.29, 0.717) is 32.4 Å². The van der Waals surface area contributed by atoms with Crippen LogP contribution >= 0.6 is 11.3 Å². The molecular weight excluding hydrogens is 294 g/mol. The summed E-state index contributed by atoms with van der Waals surface area (Å²) >= 11 is 1.56. The van der Waals surface area contributed by atoms with Crippen LogP contribution in [0.1, 0.15) is 23.3 Å². The number of amides is 1. The van der Waals surface area contributed by atoms with Crippen molar-refractivity contribution in [2.45, 2.75) is 31.2 Å². The Bertz CT molecular complexity index is 477. The van der Waals surface area contributed by atoms with Crippen LogP contribution in [0.3, 0.4) is 0 Å². The van der Waals surface area contributed by atoms with Crippen molar-refractivity contribution in [3.8, 4) is 0 Å². The number of rotatable bonds is 5. The van der Waals surface area contributed by atoms with Gasteiger partial charge >= 0.3 is 6.09 Å². The normalized spacial score (nSPS) is 18.2. The average molecular weight is 315 g/mol. The Kier molecular flexibility index (Phi) is 5.21. The van der Waals surface area contributed by atoms with Gasteiger partial charge in [0.25, 0.3) is 0 Å². The maximum absolute atomic E-state index is 11.0. The van der Waals surface area contributed by atoms with Crippen LogP contribution in [0.5, 0.6) is 0 Å². The van der Waals surface area contributed by atoms with Crippen LogP contribution in [-0.4, -0.2) is 54.8 Å². The number of methoxy groups -OCH3 is 2. The molecule has 1 amide bonds. The molecule has 118 valence electrons. The minimum absolute atomic E-state index is 0.342. The van der Waals surface area contributed by atoms with E-state index < -0.39 is 11.7 Å². The van der Waals surface area contributed by atoms with Gasteiger partial charge in [0, 0.05) is 38.6 Å². The number of aliphatic hydroxyl groups is 1. The second-order valence-corrected chi connectivity index (χ2v) is 6.16. The molecule has 1 aromatic rings. The first-order valence-electron chi connectivity index (χ1n) is 6.83. The van der Waals surface area contributed by atoms with E-state index in [1.807, 2.05) is 11.4 Å². The third-order valence-corrected chi connectivity index (χ3v) is 4.93. The van der Waals surface area contributed by atoms with Gasteiger partial charge in [0.2, 0.25) is 0 Å². The van der Waals surface area contributed by atoms with E-state index in [2.05, 4.69) is 0 Å². The number of likely N-dealkylation sites (tertiary alicyclic amines) is 1. The first-order chi connectivity index (χ1) is 10.00. The summed E-state index contributed by atoms with van der Waals surface area (Å²) in [6, 6.07) is 1.92. The standard InChI is InChI=1S/C14H21NO5S/c1-19-12(20-2)9-11-10(3-8-21-11)14(18)4-6-15(7-5-14)13(16)17/h3,8,12,18H,4-7,9H2,1-2H3,(H,16,17). The third kappa shape index (κ3) is 3.55. The molecule has 2 N–H and O–H groups in total. The molecule has 7 heteroatoms. The van der Waals surface area contributed by atoms with Crippen molar-refractivity contribution in [1.29, 1.82) is 0 Å². The predicted molar refractivity (Wildman–Crippen MR) is 78.6 cm³/mol. The van der Waals surface area contributed by atoms with Crippen LogP contribution < -0.4 is 0 Å². The minimum Gasteiger partial charge on any atom is -0.465 e. The molecule has 0 radical (unpaired) electrons. The number of hydrogen-bond acceptors (Lipinski definition) is 5. The number of piperidine rings is 1. The molecule has 0 unspecified atom stereocenters. The second-order valence-electron chi connectivity index (χ2n) is 5.16. The van der Waals surface area contributed by atoms with Crippen molar-refractivity contribution >= 4 is 17.4 Å². The highest BCUT2D eigenvalue weighted by atomic mass is 32.1. The maximum Gasteiger partial charge on any atom is 0.407 e. The highest BCUT2D eigenvalue weighted by molar-refractivity contribution is 7.10. The summed E-state index contributed by atoms with van der Waals surface area (Å²) in [4.78, 5) is 13.3. The number of ether oxygens (including phenoxy) is 2. The molecule has 0 saturated carbocycles. The molecule has 1 aliphatic heterocycles. The molecule has 1 saturated heterocycles. The molecule has 2 heterocycles. The lowest BCUT2D eigenvalue weighted by Crippen LogP contribution is -2.44. The fourth-order valence-corrected chi connectivity index (χ4v) is 3.65. The Morgan fingerprint density at radius 1 is 1.43 bits per heavy atom. The van der Waals surface area contributed by atoms with E-state index >= 15 is 0 Å². The summed E-state index contributed by atoms with van der Waals surface area (Å²) in [5, 5.41) is 21.8. The Morgan fingerprint density at radius 3 is 2.57 bits per heavy atom. The minimum atomic E-state index is -0.965. The molecule has 0 bridgehead atoms. The van der Waals surface area contributed by atoms with Gasteiger partial charge in [-0.2, -0.15) is 0 Å². The Balaban J connectivity index is 2.11. The average Bonchev–Trinajstić information content (AvgIpc) is 2.94. The fourth-order valence-electron chi connectivity index (χ4n) is 2.66. The number of nitrogens with zero attached hydrogens (tertiary/aromatic N) is 1. The number of carbonyl (C=O) groups is 1. The van der Waals surface area contributed by atoms with Crippen LogP contribution in [0.15, 0.2) is 11.4 Å². The van der Waals surface area contributed by atoms with E-state index in [0.717, 1.165) is 10.4 Å². The highest BCUT2D eigenvalue weighted by Crippen LogP contribution is 2.37. The molecule has 6 nitrogen and oxygen atoms in total. The molecule has 0 aromatic carbocycles. The van der Waals surface area contributed by atoms with Gasteiger partial charge in [0.15, 0.2) is 6.29 Å². The van der Waals surface area contributed by atoms with Crippen molar-refractivity contribution < 1.29 is 24.5 Å². The van der Waals surface area contributed by atoms with Crippen LogP contribution in [0, 0.1) is 0 Å². The number of thiophene rings is 1. The summed E-state index contributed by atoms with van der Waals surface area (Å²) in [6.07, 6.45) is 0.123. The first-order valence-corrected chi connectivity index (χ1v) is 7.71. The lowest BCUT2D eigenvalue weighted by Gasteiger charge is -2.37. The summed E-state index contributed by atoms with van der Waals surface area (Å²) in [5.74, 6) is 0. The van der Waals surface area contributed by atoms with E-state index in [-0.39, 0.29) is 6.29 Å². The second kappa shape index (κ2) is 6.74. The van der Waals surface area contributed by atoms with E-state index in [9.17, 15) is 9.90 Å². The molecule has 21 heavy (non-hydrogen) atoms. The molecule has 2 rings (SSSR count).